The highest BCUT2D eigenvalue weighted by molar-refractivity contribution is 4.74. The van der Waals surface area contributed by atoms with Gasteiger partial charge >= 0.3 is 6.18 Å². The maximum Gasteiger partial charge on any atom is 0.401 e. The highest BCUT2D eigenvalue weighted by atomic mass is 19.4. The summed E-state index contributed by atoms with van der Waals surface area (Å²) in [6.07, 6.45) is -3.12. The van der Waals surface area contributed by atoms with Gasteiger partial charge in [-0.2, -0.15) is 13.2 Å². The topological polar surface area (TPSA) is 3.24 Å². The quantitative estimate of drug-likeness (QED) is 0.655. The molecule has 15 heavy (non-hydrogen) atoms. The van der Waals surface area contributed by atoms with Gasteiger partial charge in [-0.25, -0.2) is 0 Å². The molecule has 1 saturated heterocycles. The molecular weight excluding hydrogens is 203 g/mol. The van der Waals surface area contributed by atoms with E-state index < -0.39 is 12.7 Å². The van der Waals surface area contributed by atoms with E-state index in [2.05, 4.69) is 0 Å². The van der Waals surface area contributed by atoms with Crippen LogP contribution in [0.5, 0.6) is 0 Å². The van der Waals surface area contributed by atoms with E-state index in [1.54, 1.807) is 0 Å². The number of likely N-dealkylation sites (tertiary alicyclic amines) is 1. The lowest BCUT2D eigenvalue weighted by Crippen LogP contribution is -2.32. The first kappa shape index (κ1) is 17.2. The number of alkyl halides is 3. The molecule has 1 aliphatic rings. The average Bonchev–Trinajstić information content (AvgIpc) is 2.55. The Hall–Kier alpha value is -0.250. The smallest absolute Gasteiger partial charge is 0.295 e. The maximum atomic E-state index is 11.8. The summed E-state index contributed by atoms with van der Waals surface area (Å²) >= 11 is 0. The summed E-state index contributed by atoms with van der Waals surface area (Å²) < 4.78 is 35.4. The van der Waals surface area contributed by atoms with Crippen molar-refractivity contribution in [3.63, 3.8) is 0 Å². The molecule has 0 amide bonds. The summed E-state index contributed by atoms with van der Waals surface area (Å²) in [5.74, 6) is 0.428. The van der Waals surface area contributed by atoms with Gasteiger partial charge in [-0.3, -0.25) is 4.90 Å². The first-order chi connectivity index (χ1) is 6.97. The molecular formula is C11H24F3N. The van der Waals surface area contributed by atoms with Gasteiger partial charge < -0.3 is 0 Å². The number of halogens is 3. The first-order valence-corrected chi connectivity index (χ1v) is 5.76. The van der Waals surface area contributed by atoms with Gasteiger partial charge in [-0.15, -0.1) is 0 Å². The molecule has 1 aliphatic heterocycles. The van der Waals surface area contributed by atoms with E-state index in [9.17, 15) is 13.2 Å². The molecule has 0 aromatic rings. The molecule has 1 unspecified atom stereocenters. The van der Waals surface area contributed by atoms with Crippen molar-refractivity contribution in [2.45, 2.75) is 47.2 Å². The van der Waals surface area contributed by atoms with Crippen molar-refractivity contribution in [2.75, 3.05) is 19.6 Å². The van der Waals surface area contributed by atoms with Crippen molar-refractivity contribution in [1.29, 1.82) is 0 Å². The second-order valence-corrected chi connectivity index (χ2v) is 3.24. The predicted octanol–water partition coefficient (Wildman–Crippen LogP) is 3.94. The van der Waals surface area contributed by atoms with Crippen LogP contribution < -0.4 is 0 Å². The summed E-state index contributed by atoms with van der Waals surface area (Å²) in [6.45, 7) is 10.4. The Balaban J connectivity index is 0. The van der Waals surface area contributed by atoms with Crippen LogP contribution in [0.15, 0.2) is 0 Å². The van der Waals surface area contributed by atoms with Crippen molar-refractivity contribution in [3.05, 3.63) is 0 Å². The first-order valence-electron chi connectivity index (χ1n) is 5.76. The van der Waals surface area contributed by atoms with Gasteiger partial charge in [0, 0.05) is 6.54 Å². The molecule has 0 saturated carbocycles. The van der Waals surface area contributed by atoms with Crippen LogP contribution in [0.25, 0.3) is 0 Å². The van der Waals surface area contributed by atoms with Crippen LogP contribution in [0.4, 0.5) is 13.2 Å². The minimum absolute atomic E-state index is 0.428. The summed E-state index contributed by atoms with van der Waals surface area (Å²) in [5.41, 5.74) is 0. The molecule has 0 aromatic carbocycles. The fourth-order valence-corrected chi connectivity index (χ4v) is 1.42. The van der Waals surface area contributed by atoms with E-state index in [0.29, 0.717) is 19.0 Å². The second kappa shape index (κ2) is 9.01. The molecule has 4 heteroatoms. The van der Waals surface area contributed by atoms with Crippen molar-refractivity contribution >= 4 is 0 Å². The van der Waals surface area contributed by atoms with Crippen molar-refractivity contribution in [2.24, 2.45) is 5.92 Å². The van der Waals surface area contributed by atoms with Crippen LogP contribution >= 0.6 is 0 Å². The highest BCUT2D eigenvalue weighted by Gasteiger charge is 2.33. The molecule has 0 spiro atoms. The van der Waals surface area contributed by atoms with Crippen LogP contribution in [-0.2, 0) is 0 Å². The van der Waals surface area contributed by atoms with E-state index in [-0.39, 0.29) is 0 Å². The fourth-order valence-electron chi connectivity index (χ4n) is 1.42. The standard InChI is InChI=1S/C7H12F3N.2C2H6/c1-6-2-3-11(4-6)5-7(8,9)10;2*1-2/h6H,2-5H2,1H3;2*1-2H3. The Morgan fingerprint density at radius 2 is 1.60 bits per heavy atom. The van der Waals surface area contributed by atoms with E-state index in [1.165, 1.54) is 4.90 Å². The molecule has 0 N–H and O–H groups in total. The third-order valence-corrected chi connectivity index (χ3v) is 1.91. The van der Waals surface area contributed by atoms with E-state index in [4.69, 9.17) is 0 Å². The Kier molecular flexibility index (Phi) is 10.3. The lowest BCUT2D eigenvalue weighted by Gasteiger charge is -2.16. The lowest BCUT2D eigenvalue weighted by atomic mass is 10.2. The third-order valence-electron chi connectivity index (χ3n) is 1.91. The Morgan fingerprint density at radius 1 is 1.13 bits per heavy atom. The summed E-state index contributed by atoms with van der Waals surface area (Å²) in [7, 11) is 0. The zero-order chi connectivity index (χ0) is 12.5. The minimum atomic E-state index is -4.02. The van der Waals surface area contributed by atoms with Gasteiger partial charge in [0.15, 0.2) is 0 Å². The van der Waals surface area contributed by atoms with Gasteiger partial charge in [-0.05, 0) is 18.9 Å². The predicted molar refractivity (Wildman–Crippen MR) is 59.0 cm³/mol. The number of hydrogen-bond acceptors (Lipinski definition) is 1. The zero-order valence-corrected chi connectivity index (χ0v) is 10.5. The summed E-state index contributed by atoms with van der Waals surface area (Å²) in [5, 5.41) is 0. The van der Waals surface area contributed by atoms with E-state index in [0.717, 1.165) is 6.42 Å². The molecule has 0 radical (unpaired) electrons. The van der Waals surface area contributed by atoms with Gasteiger partial charge in [0.05, 0.1) is 6.54 Å². The maximum absolute atomic E-state index is 11.8. The van der Waals surface area contributed by atoms with Crippen molar-refractivity contribution < 1.29 is 13.2 Å². The number of hydrogen-bond donors (Lipinski definition) is 0. The van der Waals surface area contributed by atoms with Crippen molar-refractivity contribution in [1.82, 2.24) is 4.90 Å². The van der Waals surface area contributed by atoms with E-state index >= 15 is 0 Å². The number of nitrogens with zero attached hydrogens (tertiary/aromatic N) is 1. The molecule has 1 nitrogen and oxygen atoms in total. The average molecular weight is 227 g/mol. The van der Waals surface area contributed by atoms with Gasteiger partial charge in [0.2, 0.25) is 0 Å². The van der Waals surface area contributed by atoms with Crippen LogP contribution in [0, 0.1) is 5.92 Å². The Labute approximate surface area is 91.7 Å². The lowest BCUT2D eigenvalue weighted by molar-refractivity contribution is -0.143. The van der Waals surface area contributed by atoms with Crippen LogP contribution in [0.2, 0.25) is 0 Å². The molecule has 94 valence electrons. The molecule has 1 fully saturated rings. The molecule has 1 atom stereocenters. The van der Waals surface area contributed by atoms with Crippen LogP contribution in [0.1, 0.15) is 41.0 Å². The minimum Gasteiger partial charge on any atom is -0.295 e. The summed E-state index contributed by atoms with van der Waals surface area (Å²) in [6, 6.07) is 0. The highest BCUT2D eigenvalue weighted by Crippen LogP contribution is 2.21. The van der Waals surface area contributed by atoms with Crippen LogP contribution in [-0.4, -0.2) is 30.7 Å². The second-order valence-electron chi connectivity index (χ2n) is 3.24. The van der Waals surface area contributed by atoms with Crippen LogP contribution in [0.3, 0.4) is 0 Å². The Morgan fingerprint density at radius 3 is 1.87 bits per heavy atom. The van der Waals surface area contributed by atoms with Crippen molar-refractivity contribution in [3.8, 4) is 0 Å². The van der Waals surface area contributed by atoms with Gasteiger partial charge in [0.25, 0.3) is 0 Å². The Bertz CT molecular complexity index is 134. The SMILES string of the molecule is CC.CC.CC1CCN(CC(F)(F)F)C1. The fraction of sp³-hybridized carbons (Fsp3) is 1.00. The largest absolute Gasteiger partial charge is 0.401 e. The van der Waals surface area contributed by atoms with E-state index in [1.807, 2.05) is 34.6 Å². The molecule has 0 aromatic heterocycles. The molecule has 0 bridgehead atoms. The molecule has 1 heterocycles. The molecule has 0 aliphatic carbocycles. The normalized spacial score (nSPS) is 21.2. The number of rotatable bonds is 1. The molecule has 1 rings (SSSR count). The monoisotopic (exact) mass is 227 g/mol. The zero-order valence-electron chi connectivity index (χ0n) is 10.5. The van der Waals surface area contributed by atoms with Gasteiger partial charge in [-0.1, -0.05) is 34.6 Å². The van der Waals surface area contributed by atoms with Gasteiger partial charge in [0.1, 0.15) is 0 Å². The summed E-state index contributed by atoms with van der Waals surface area (Å²) in [4.78, 5) is 1.46. The third kappa shape index (κ3) is 10.0.